The van der Waals surface area contributed by atoms with Gasteiger partial charge in [-0.2, -0.15) is 0 Å². The standard InChI is InChI=1S/2C12H22O11/c2*13-1-4-6(16)8(18)9(19)11(21-4)23-12(3-15)10(20)7(17)5(2-14)22-12/h2*4-11,13-20H,1-3H2. The molecule has 0 spiro atoms. The van der Waals surface area contributed by atoms with Gasteiger partial charge in [0, 0.05) is 0 Å². The third-order valence-electron chi connectivity index (χ3n) is 8.14. The van der Waals surface area contributed by atoms with Gasteiger partial charge in [-0.25, -0.2) is 0 Å². The lowest BCUT2D eigenvalue weighted by Crippen LogP contribution is -2.62. The summed E-state index contributed by atoms with van der Waals surface area (Å²) in [6.45, 7) is -4.64. The van der Waals surface area contributed by atoms with Crippen molar-refractivity contribution in [2.45, 2.75) is 110 Å². The van der Waals surface area contributed by atoms with Crippen molar-refractivity contribution < 1.29 is 110 Å². The van der Waals surface area contributed by atoms with Crippen LogP contribution in [0, 0.1) is 0 Å². The van der Waals surface area contributed by atoms with E-state index in [0.717, 1.165) is 0 Å². The Labute approximate surface area is 260 Å². The van der Waals surface area contributed by atoms with E-state index in [1.165, 1.54) is 0 Å². The number of hydrogen-bond acceptors (Lipinski definition) is 22. The van der Waals surface area contributed by atoms with E-state index in [1.54, 1.807) is 0 Å². The largest absolute Gasteiger partial charge is 0.394 e. The Morgan fingerprint density at radius 2 is 0.696 bits per heavy atom. The summed E-state index contributed by atoms with van der Waals surface area (Å²) in [6.07, 6.45) is -25.3. The molecule has 0 aromatic carbocycles. The van der Waals surface area contributed by atoms with Crippen LogP contribution in [-0.2, 0) is 28.4 Å². The zero-order valence-electron chi connectivity index (χ0n) is 24.1. The zero-order chi connectivity index (χ0) is 34.7. The lowest BCUT2D eigenvalue weighted by molar-refractivity contribution is -0.383. The number of aliphatic hydroxyl groups is 16. The molecule has 4 aliphatic rings. The highest BCUT2D eigenvalue weighted by molar-refractivity contribution is 5.00. The second kappa shape index (κ2) is 16.2. The topological polar surface area (TPSA) is 379 Å². The van der Waals surface area contributed by atoms with Gasteiger partial charge in [0.1, 0.15) is 98.7 Å². The van der Waals surface area contributed by atoms with Gasteiger partial charge >= 0.3 is 0 Å². The lowest BCUT2D eigenvalue weighted by atomic mass is 9.99. The van der Waals surface area contributed by atoms with Gasteiger partial charge < -0.3 is 110 Å². The summed E-state index contributed by atoms with van der Waals surface area (Å²) >= 11 is 0. The van der Waals surface area contributed by atoms with Gasteiger partial charge in [0.15, 0.2) is 12.6 Å². The Morgan fingerprint density at radius 1 is 0.391 bits per heavy atom. The van der Waals surface area contributed by atoms with Crippen LogP contribution in [0.1, 0.15) is 0 Å². The molecule has 0 saturated carbocycles. The normalized spacial score (nSPS) is 51.1. The van der Waals surface area contributed by atoms with E-state index in [-0.39, 0.29) is 0 Å². The van der Waals surface area contributed by atoms with Crippen molar-refractivity contribution in [1.29, 1.82) is 0 Å². The predicted octanol–water partition coefficient (Wildman–Crippen LogP) is -10.8. The number of rotatable bonds is 10. The summed E-state index contributed by atoms with van der Waals surface area (Å²) in [4.78, 5) is 0. The molecule has 0 amide bonds. The summed E-state index contributed by atoms with van der Waals surface area (Å²) in [7, 11) is 0. The van der Waals surface area contributed by atoms with Gasteiger partial charge in [0.2, 0.25) is 11.6 Å². The van der Waals surface area contributed by atoms with Gasteiger partial charge in [-0.15, -0.1) is 0 Å². The van der Waals surface area contributed by atoms with Crippen LogP contribution in [0.4, 0.5) is 0 Å². The van der Waals surface area contributed by atoms with Crippen LogP contribution in [0.2, 0.25) is 0 Å². The minimum atomic E-state index is -2.22. The molecular weight excluding hydrogens is 640 g/mol. The highest BCUT2D eigenvalue weighted by atomic mass is 16.8. The molecule has 18 atom stereocenters. The van der Waals surface area contributed by atoms with Crippen molar-refractivity contribution in [2.24, 2.45) is 0 Å². The van der Waals surface area contributed by atoms with E-state index in [2.05, 4.69) is 0 Å². The Balaban J connectivity index is 0.000000250. The third-order valence-corrected chi connectivity index (χ3v) is 8.14. The maximum Gasteiger partial charge on any atom is 0.224 e. The molecule has 22 heteroatoms. The Kier molecular flexibility index (Phi) is 13.9. The number of ether oxygens (including phenoxy) is 6. The summed E-state index contributed by atoms with van der Waals surface area (Å²) in [5, 5.41) is 153. The average Bonchev–Trinajstić information content (AvgIpc) is 3.45. The molecule has 0 bridgehead atoms. The molecule has 18 unspecified atom stereocenters. The molecule has 4 rings (SSSR count). The van der Waals surface area contributed by atoms with E-state index in [1.807, 2.05) is 0 Å². The predicted molar refractivity (Wildman–Crippen MR) is 137 cm³/mol. The first kappa shape index (κ1) is 39.6. The van der Waals surface area contributed by atoms with E-state index < -0.39 is 149 Å². The van der Waals surface area contributed by atoms with Crippen molar-refractivity contribution in [3.05, 3.63) is 0 Å². The molecule has 4 fully saturated rings. The van der Waals surface area contributed by atoms with Crippen molar-refractivity contribution in [3.63, 3.8) is 0 Å². The summed E-state index contributed by atoms with van der Waals surface area (Å²) < 4.78 is 30.9. The second-order valence-electron chi connectivity index (χ2n) is 11.1. The minimum absolute atomic E-state index is 0.669. The fourth-order valence-corrected chi connectivity index (χ4v) is 5.26. The summed E-state index contributed by atoms with van der Waals surface area (Å²) in [6, 6.07) is 0. The van der Waals surface area contributed by atoms with Gasteiger partial charge in [-0.3, -0.25) is 0 Å². The maximum absolute atomic E-state index is 10.00. The maximum atomic E-state index is 10.00. The van der Waals surface area contributed by atoms with Crippen LogP contribution in [0.15, 0.2) is 0 Å². The van der Waals surface area contributed by atoms with Crippen LogP contribution in [0.25, 0.3) is 0 Å². The molecule has 4 saturated heterocycles. The molecule has 0 aromatic rings. The van der Waals surface area contributed by atoms with E-state index in [9.17, 15) is 61.3 Å². The van der Waals surface area contributed by atoms with Crippen molar-refractivity contribution in [3.8, 4) is 0 Å². The fraction of sp³-hybridized carbons (Fsp3) is 1.00. The number of aliphatic hydroxyl groups excluding tert-OH is 16. The van der Waals surface area contributed by atoms with E-state index in [4.69, 9.17) is 48.8 Å². The SMILES string of the molecule is OCC1OC(OC2(CO)OC(CO)C(O)C2O)C(O)C(O)C1O.OCC1OC(OC2(CO)OC(CO)C(O)C2O)C(O)C(O)C1O. The zero-order valence-corrected chi connectivity index (χ0v) is 24.1. The van der Waals surface area contributed by atoms with Crippen LogP contribution in [-0.4, -0.2) is 231 Å². The van der Waals surface area contributed by atoms with Gasteiger partial charge in [0.05, 0.1) is 26.4 Å². The molecule has 46 heavy (non-hydrogen) atoms. The Hall–Kier alpha value is -0.880. The van der Waals surface area contributed by atoms with Gasteiger partial charge in [-0.1, -0.05) is 0 Å². The van der Waals surface area contributed by atoms with Crippen molar-refractivity contribution in [1.82, 2.24) is 0 Å². The first-order valence-electron chi connectivity index (χ1n) is 14.1. The van der Waals surface area contributed by atoms with Crippen LogP contribution in [0.3, 0.4) is 0 Å². The molecule has 22 nitrogen and oxygen atoms in total. The summed E-state index contributed by atoms with van der Waals surface area (Å²) in [5.74, 6) is -4.44. The van der Waals surface area contributed by atoms with E-state index in [0.29, 0.717) is 0 Å². The second-order valence-corrected chi connectivity index (χ2v) is 11.1. The van der Waals surface area contributed by atoms with Crippen LogP contribution >= 0.6 is 0 Å². The fourth-order valence-electron chi connectivity index (χ4n) is 5.26. The highest BCUT2D eigenvalue weighted by Gasteiger charge is 2.59. The Morgan fingerprint density at radius 3 is 0.935 bits per heavy atom. The Bertz CT molecular complexity index is 858. The van der Waals surface area contributed by atoms with Crippen molar-refractivity contribution in [2.75, 3.05) is 39.6 Å². The van der Waals surface area contributed by atoms with Gasteiger partial charge in [-0.05, 0) is 0 Å². The molecule has 0 radical (unpaired) electrons. The molecule has 0 aromatic heterocycles. The molecule has 272 valence electrons. The molecule has 4 heterocycles. The first-order valence-corrected chi connectivity index (χ1v) is 14.1. The average molecular weight is 685 g/mol. The molecule has 4 aliphatic heterocycles. The molecular formula is C24H44O22. The monoisotopic (exact) mass is 684 g/mol. The van der Waals surface area contributed by atoms with Crippen molar-refractivity contribution >= 4 is 0 Å². The first-order chi connectivity index (χ1) is 21.6. The highest BCUT2D eigenvalue weighted by Crippen LogP contribution is 2.37. The number of hydrogen-bond donors (Lipinski definition) is 16. The van der Waals surface area contributed by atoms with Crippen LogP contribution < -0.4 is 0 Å². The molecule has 0 aliphatic carbocycles. The summed E-state index contributed by atoms with van der Waals surface area (Å²) in [5.41, 5.74) is 0. The lowest BCUT2D eigenvalue weighted by Gasteiger charge is -2.43. The van der Waals surface area contributed by atoms with E-state index >= 15 is 0 Å². The molecule has 16 N–H and O–H groups in total. The minimum Gasteiger partial charge on any atom is -0.394 e. The quantitative estimate of drug-likeness (QED) is 0.101. The smallest absolute Gasteiger partial charge is 0.224 e. The third kappa shape index (κ3) is 7.48. The van der Waals surface area contributed by atoms with Crippen LogP contribution in [0.5, 0.6) is 0 Å². The van der Waals surface area contributed by atoms with Gasteiger partial charge in [0.25, 0.3) is 0 Å².